The van der Waals surface area contributed by atoms with Crippen molar-refractivity contribution in [3.8, 4) is 39.8 Å². The van der Waals surface area contributed by atoms with Crippen molar-refractivity contribution in [2.75, 3.05) is 0 Å². The molecule has 11 aromatic rings. The third kappa shape index (κ3) is 9.22. The quantitative estimate of drug-likeness (QED) is 0.135. The lowest BCUT2D eigenvalue weighted by Crippen LogP contribution is -2.27. The first-order chi connectivity index (χ1) is 37.6. The zero-order chi connectivity index (χ0) is 55.4. The fourth-order valence-corrected chi connectivity index (χ4v) is 13.9. The van der Waals surface area contributed by atoms with E-state index in [-0.39, 0.29) is 34.9 Å². The second kappa shape index (κ2) is 19.0. The summed E-state index contributed by atoms with van der Waals surface area (Å²) in [6.07, 6.45) is 0. The molecule has 9 aromatic carbocycles. The van der Waals surface area contributed by atoms with Crippen LogP contribution in [0.4, 0.5) is 0 Å². The third-order valence-electron chi connectivity index (χ3n) is 16.0. The summed E-state index contributed by atoms with van der Waals surface area (Å²) in [6, 6.07) is 66.4. The normalized spacial score (nSPS) is 14.9. The van der Waals surface area contributed by atoms with Gasteiger partial charge in [0.25, 0.3) is 0 Å². The molecule has 2 aromatic heterocycles. The van der Waals surface area contributed by atoms with Crippen molar-refractivity contribution in [1.29, 1.82) is 0 Å². The van der Waals surface area contributed by atoms with Crippen LogP contribution in [0.25, 0.3) is 66.1 Å². The minimum absolute atomic E-state index is 0.00853. The van der Waals surface area contributed by atoms with Gasteiger partial charge >= 0.3 is 7.37 Å². The van der Waals surface area contributed by atoms with Crippen LogP contribution < -0.4 is 24.6 Å². The number of rotatable bonds is 9. The van der Waals surface area contributed by atoms with Crippen LogP contribution in [0.2, 0.25) is 0 Å². The molecular formula is C72H71N2O4P. The Balaban J connectivity index is 1.19. The smallest absolute Gasteiger partial charge is 0.311 e. The summed E-state index contributed by atoms with van der Waals surface area (Å²) in [5.74, 6) is 1.60. The highest BCUT2D eigenvalue weighted by Gasteiger charge is 2.42. The van der Waals surface area contributed by atoms with Gasteiger partial charge in [-0.15, -0.1) is 0 Å². The molecule has 1 aliphatic rings. The lowest BCUT2D eigenvalue weighted by atomic mass is 9.85. The number of hydrogen-bond acceptors (Lipinski definition) is 4. The Kier molecular flexibility index (Phi) is 12.5. The Hall–Kier alpha value is -7.79. The molecule has 79 heavy (non-hydrogen) atoms. The van der Waals surface area contributed by atoms with Crippen molar-refractivity contribution < 1.29 is 18.6 Å². The van der Waals surface area contributed by atoms with Gasteiger partial charge in [0.05, 0.1) is 32.5 Å². The number of fused-ring (bicyclic) bond motifs is 9. The van der Waals surface area contributed by atoms with Crippen LogP contribution in [-0.4, -0.2) is 9.13 Å². The molecule has 1 unspecified atom stereocenters. The van der Waals surface area contributed by atoms with Gasteiger partial charge in [-0.2, -0.15) is 0 Å². The predicted octanol–water partition coefficient (Wildman–Crippen LogP) is 18.5. The van der Waals surface area contributed by atoms with Gasteiger partial charge in [-0.3, -0.25) is 4.57 Å². The highest BCUT2D eigenvalue weighted by Crippen LogP contribution is 2.58. The summed E-state index contributed by atoms with van der Waals surface area (Å²) in [6.45, 7) is 27.5. The summed E-state index contributed by atoms with van der Waals surface area (Å²) in [5, 5.41) is 5.16. The second-order valence-electron chi connectivity index (χ2n) is 25.7. The van der Waals surface area contributed by atoms with Gasteiger partial charge in [0.15, 0.2) is 0 Å². The average Bonchev–Trinajstić information content (AvgIpc) is 4.03. The Bertz CT molecular complexity index is 4140. The van der Waals surface area contributed by atoms with Crippen LogP contribution in [0.15, 0.2) is 188 Å². The van der Waals surface area contributed by atoms with E-state index in [0.29, 0.717) is 27.9 Å². The molecule has 1 aliphatic heterocycles. The van der Waals surface area contributed by atoms with Crippen molar-refractivity contribution in [3.63, 3.8) is 0 Å². The van der Waals surface area contributed by atoms with Crippen LogP contribution in [0.5, 0.6) is 17.2 Å². The molecule has 0 amide bonds. The number of nitrogens with zero attached hydrogens (tertiary/aromatic N) is 2. The molecule has 7 heteroatoms. The van der Waals surface area contributed by atoms with Crippen molar-refractivity contribution in [2.45, 2.75) is 118 Å². The monoisotopic (exact) mass is 1060 g/mol. The molecule has 0 aliphatic carbocycles. The maximum absolute atomic E-state index is 17.0. The number of ether oxygens (including phenoxy) is 2. The van der Waals surface area contributed by atoms with Gasteiger partial charge < -0.3 is 23.1 Å². The van der Waals surface area contributed by atoms with E-state index in [1.54, 1.807) is 0 Å². The predicted molar refractivity (Wildman–Crippen MR) is 331 cm³/mol. The van der Waals surface area contributed by atoms with Gasteiger partial charge in [0.1, 0.15) is 36.0 Å². The van der Waals surface area contributed by atoms with Gasteiger partial charge in [-0.25, -0.2) is 0 Å². The summed E-state index contributed by atoms with van der Waals surface area (Å²) in [7, 11) is -4.05. The van der Waals surface area contributed by atoms with E-state index in [1.807, 2.05) is 60.7 Å². The highest BCUT2D eigenvalue weighted by atomic mass is 31.2. The van der Waals surface area contributed by atoms with Gasteiger partial charge in [-0.05, 0) is 127 Å². The van der Waals surface area contributed by atoms with Crippen molar-refractivity contribution >= 4 is 61.6 Å². The van der Waals surface area contributed by atoms with E-state index < -0.39 is 7.37 Å². The standard InChI is InChI=1S/C72H71N2O4P/c1-69(2,3)48-30-26-46(27-31-48)44-76-63-43-65(79(75)64-25-19-17-23-55(64)54-22-16-18-24-62(54)78-79)68(77-45-47-28-32-49(33-29-47)70(4,5)6)66-58-42-53(36-39-61(58)74(67(63)66)52-20-14-13-15-21-52)73-59-37-34-50(71(7,8)9)40-56(59)57-41-51(72(10,11)12)35-38-60(57)73/h13-43H,44-45H2,1-12H3. The number of aromatic nitrogens is 2. The molecule has 0 radical (unpaired) electrons. The molecule has 398 valence electrons. The van der Waals surface area contributed by atoms with E-state index in [2.05, 4.69) is 220 Å². The molecule has 6 nitrogen and oxygen atoms in total. The number of para-hydroxylation sites is 2. The first-order valence-corrected chi connectivity index (χ1v) is 29.4. The van der Waals surface area contributed by atoms with Crippen LogP contribution in [-0.2, 0) is 39.4 Å². The molecule has 0 saturated heterocycles. The molecule has 1 atom stereocenters. The fourth-order valence-electron chi connectivity index (χ4n) is 11.4. The average molecular weight is 1060 g/mol. The second-order valence-corrected chi connectivity index (χ2v) is 28.0. The topological polar surface area (TPSA) is 54.6 Å². The van der Waals surface area contributed by atoms with Crippen molar-refractivity contribution in [1.82, 2.24) is 9.13 Å². The molecule has 12 rings (SSSR count). The van der Waals surface area contributed by atoms with Crippen LogP contribution in [0.3, 0.4) is 0 Å². The van der Waals surface area contributed by atoms with E-state index in [1.165, 1.54) is 33.0 Å². The highest BCUT2D eigenvalue weighted by molar-refractivity contribution is 7.75. The van der Waals surface area contributed by atoms with Crippen LogP contribution in [0.1, 0.15) is 116 Å². The summed E-state index contributed by atoms with van der Waals surface area (Å²) >= 11 is 0. The van der Waals surface area contributed by atoms with Crippen molar-refractivity contribution in [2.24, 2.45) is 0 Å². The fraction of sp³-hybridized carbons (Fsp3) is 0.250. The molecule has 0 fully saturated rings. The Morgan fingerprint density at radius 2 is 0.899 bits per heavy atom. The minimum atomic E-state index is -4.05. The summed E-state index contributed by atoms with van der Waals surface area (Å²) in [4.78, 5) is 0. The maximum atomic E-state index is 17.0. The van der Waals surface area contributed by atoms with Gasteiger partial charge in [-0.1, -0.05) is 198 Å². The molecule has 0 bridgehead atoms. The molecule has 0 spiro atoms. The molecule has 0 saturated carbocycles. The van der Waals surface area contributed by atoms with E-state index in [4.69, 9.17) is 14.0 Å². The number of benzene rings is 9. The van der Waals surface area contributed by atoms with E-state index >= 15 is 4.57 Å². The largest absolute Gasteiger partial charge is 0.487 e. The van der Waals surface area contributed by atoms with Crippen LogP contribution >= 0.6 is 7.37 Å². The first kappa shape index (κ1) is 51.9. The van der Waals surface area contributed by atoms with Gasteiger partial charge in [0, 0.05) is 39.2 Å². The Morgan fingerprint density at radius 3 is 1.47 bits per heavy atom. The van der Waals surface area contributed by atoms with E-state index in [9.17, 15) is 0 Å². The zero-order valence-electron chi connectivity index (χ0n) is 47.8. The Labute approximate surface area is 466 Å². The zero-order valence-corrected chi connectivity index (χ0v) is 48.7. The summed E-state index contributed by atoms with van der Waals surface area (Å²) in [5.41, 5.74) is 14.6. The number of hydrogen-bond donors (Lipinski definition) is 0. The van der Waals surface area contributed by atoms with E-state index in [0.717, 1.165) is 66.5 Å². The van der Waals surface area contributed by atoms with Crippen LogP contribution in [0, 0.1) is 0 Å². The minimum Gasteiger partial charge on any atom is -0.487 e. The van der Waals surface area contributed by atoms with Gasteiger partial charge in [0.2, 0.25) is 0 Å². The summed E-state index contributed by atoms with van der Waals surface area (Å²) < 4.78 is 43.4. The molecule has 0 N–H and O–H groups in total. The molecule has 3 heterocycles. The first-order valence-electron chi connectivity index (χ1n) is 27.8. The SMILES string of the molecule is CC(C)(C)c1ccc(COc2c(P3(=O)Oc4ccccc4-c4ccccc43)cc(OCc3ccc(C(C)(C)C)cc3)c3c2c2cc(-n4c5ccc(C(C)(C)C)cc5c5cc(C(C)(C)C)ccc54)ccc2n3-c2ccccc2)cc1. The maximum Gasteiger partial charge on any atom is 0.311 e. The Morgan fingerprint density at radius 1 is 0.418 bits per heavy atom. The van der Waals surface area contributed by atoms with Crippen molar-refractivity contribution in [3.05, 3.63) is 221 Å². The molecular weight excluding hydrogens is 988 g/mol. The lowest BCUT2D eigenvalue weighted by molar-refractivity contribution is 0.304. The third-order valence-corrected chi connectivity index (χ3v) is 18.5. The lowest BCUT2D eigenvalue weighted by Gasteiger charge is -2.30.